The second-order valence-corrected chi connectivity index (χ2v) is 19.2. The van der Waals surface area contributed by atoms with E-state index >= 15 is 0 Å². The number of carbonyl (C=O) groups excluding carboxylic acids is 4. The molecule has 3 saturated carbocycles. The van der Waals surface area contributed by atoms with Gasteiger partial charge in [-0.05, 0) is 129 Å². The smallest absolute Gasteiger partial charge is 0.482 e. The van der Waals surface area contributed by atoms with Crippen molar-refractivity contribution in [1.29, 1.82) is 0 Å². The minimum Gasteiger partial charge on any atom is -0.496 e. The largest absolute Gasteiger partial charge is 0.496 e. The number of alkyl carbamates (subject to hydrolysis) is 2. The molecule has 14 nitrogen and oxygen atoms in total. The van der Waals surface area contributed by atoms with Gasteiger partial charge in [0.15, 0.2) is 0 Å². The van der Waals surface area contributed by atoms with Crippen LogP contribution in [-0.4, -0.2) is 77.7 Å². The molecule has 57 heavy (non-hydrogen) atoms. The summed E-state index contributed by atoms with van der Waals surface area (Å²) in [6, 6.07) is 6.85. The molecule has 1 aromatic heterocycles. The van der Waals surface area contributed by atoms with E-state index < -0.39 is 59.5 Å². The van der Waals surface area contributed by atoms with Crippen LogP contribution in [0.4, 0.5) is 9.59 Å². The molecule has 2 bridgehead atoms. The number of methoxy groups -OCH3 is 1. The van der Waals surface area contributed by atoms with Gasteiger partial charge in [-0.15, -0.1) is 0 Å². The number of hydrogen-bond donors (Lipinski definition) is 3. The summed E-state index contributed by atoms with van der Waals surface area (Å²) in [5, 5.41) is 8.58. The first-order chi connectivity index (χ1) is 26.3. The number of benzene rings is 1. The van der Waals surface area contributed by atoms with Crippen molar-refractivity contribution in [2.75, 3.05) is 7.11 Å². The Morgan fingerprint density at radius 1 is 0.877 bits per heavy atom. The van der Waals surface area contributed by atoms with Gasteiger partial charge in [0.05, 0.1) is 42.6 Å². The van der Waals surface area contributed by atoms with Gasteiger partial charge in [0, 0.05) is 12.7 Å². The number of hydrogen-bond acceptors (Lipinski definition) is 11. The standard InChI is InChI=1S/C42H61BN4O10/c1-38(2,3)53-35(49)28-16-14-15-24(33(28)52-13)18-32(43-56-31-20-27-19-30(41(27,10)11)42(31,12)57-43)47-34(48)26-17-25(21-45-36(50)54-39(4,5)6)29(44-22-26)23-46-37(51)55-40(7,8)9/h14-17,22,27,30-32H,18-21,23H2,1-13H3,(H,45,50)(H,46,51)(H,47,48)/t27?,30?,31?,32-,42?/m0/s1. The van der Waals surface area contributed by atoms with E-state index in [9.17, 15) is 19.2 Å². The third kappa shape index (κ3) is 10.4. The number of nitrogens with one attached hydrogen (secondary N) is 3. The van der Waals surface area contributed by atoms with Gasteiger partial charge in [-0.3, -0.25) is 9.78 Å². The van der Waals surface area contributed by atoms with E-state index in [1.807, 2.05) is 6.07 Å². The first-order valence-electron chi connectivity index (χ1n) is 19.7. The van der Waals surface area contributed by atoms with Crippen molar-refractivity contribution in [2.45, 2.75) is 150 Å². The van der Waals surface area contributed by atoms with Crippen LogP contribution in [0.25, 0.3) is 0 Å². The Kier molecular flexibility index (Phi) is 12.4. The molecule has 2 heterocycles. The first kappa shape index (κ1) is 43.8. The van der Waals surface area contributed by atoms with E-state index in [0.717, 1.165) is 12.8 Å². The minimum absolute atomic E-state index is 0.0270. The quantitative estimate of drug-likeness (QED) is 0.126. The van der Waals surface area contributed by atoms with Gasteiger partial charge in [0.25, 0.3) is 5.91 Å². The predicted octanol–water partition coefficient (Wildman–Crippen LogP) is 6.70. The van der Waals surface area contributed by atoms with Crippen LogP contribution in [0.5, 0.6) is 5.75 Å². The van der Waals surface area contributed by atoms with E-state index in [0.29, 0.717) is 28.5 Å². The number of esters is 1. The summed E-state index contributed by atoms with van der Waals surface area (Å²) in [6.07, 6.45) is 2.06. The third-order valence-electron chi connectivity index (χ3n) is 10.9. The summed E-state index contributed by atoms with van der Waals surface area (Å²) in [6.45, 7) is 22.5. The summed E-state index contributed by atoms with van der Waals surface area (Å²) in [4.78, 5) is 57.3. The normalized spacial score (nSPS) is 23.0. The molecule has 4 fully saturated rings. The molecule has 6 rings (SSSR count). The van der Waals surface area contributed by atoms with E-state index in [1.165, 1.54) is 13.3 Å². The van der Waals surface area contributed by atoms with Gasteiger partial charge in [-0.2, -0.15) is 0 Å². The second-order valence-electron chi connectivity index (χ2n) is 19.2. The zero-order valence-corrected chi connectivity index (χ0v) is 35.8. The van der Waals surface area contributed by atoms with Gasteiger partial charge in [-0.1, -0.05) is 26.0 Å². The van der Waals surface area contributed by atoms with E-state index in [4.69, 9.17) is 28.3 Å². The molecule has 312 valence electrons. The molecule has 3 aliphatic carbocycles. The Balaban J connectivity index is 1.45. The van der Waals surface area contributed by atoms with Crippen molar-refractivity contribution in [3.8, 4) is 5.75 Å². The Labute approximate surface area is 337 Å². The molecule has 0 radical (unpaired) electrons. The minimum atomic E-state index is -0.826. The summed E-state index contributed by atoms with van der Waals surface area (Å²) >= 11 is 0. The van der Waals surface area contributed by atoms with Gasteiger partial charge in [0.2, 0.25) is 0 Å². The summed E-state index contributed by atoms with van der Waals surface area (Å²) in [5.74, 6) is -0.614. The van der Waals surface area contributed by atoms with Crippen molar-refractivity contribution in [2.24, 2.45) is 17.3 Å². The van der Waals surface area contributed by atoms with Crippen LogP contribution in [0, 0.1) is 17.3 Å². The van der Waals surface area contributed by atoms with Gasteiger partial charge >= 0.3 is 25.3 Å². The Morgan fingerprint density at radius 3 is 2.07 bits per heavy atom. The number of amides is 3. The lowest BCUT2D eigenvalue weighted by Gasteiger charge is -2.64. The first-order valence-corrected chi connectivity index (χ1v) is 19.7. The van der Waals surface area contributed by atoms with Crippen LogP contribution in [0.3, 0.4) is 0 Å². The van der Waals surface area contributed by atoms with Gasteiger partial charge < -0.3 is 44.2 Å². The van der Waals surface area contributed by atoms with Gasteiger partial charge in [0.1, 0.15) is 28.1 Å². The summed E-state index contributed by atoms with van der Waals surface area (Å²) < 4.78 is 35.9. The Hall–Kier alpha value is -4.37. The lowest BCUT2D eigenvalue weighted by Crippen LogP contribution is -2.65. The molecule has 1 saturated heterocycles. The SMILES string of the molecule is COc1c(C[C@H](NC(=O)c2cnc(CNC(=O)OC(C)(C)C)c(CNC(=O)OC(C)(C)C)c2)B2OC3CC4CC(C4(C)C)C3(C)O2)cccc1C(=O)OC(C)(C)C. The van der Waals surface area contributed by atoms with Crippen molar-refractivity contribution in [3.63, 3.8) is 0 Å². The molecule has 2 aromatic rings. The molecule has 1 aliphatic heterocycles. The molecule has 4 unspecified atom stereocenters. The van der Waals surface area contributed by atoms with Gasteiger partial charge in [-0.25, -0.2) is 14.4 Å². The number of nitrogens with zero attached hydrogens (tertiary/aromatic N) is 1. The number of para-hydroxylation sites is 1. The maximum Gasteiger partial charge on any atom is 0.482 e. The van der Waals surface area contributed by atoms with Crippen molar-refractivity contribution >= 4 is 31.2 Å². The van der Waals surface area contributed by atoms with Crippen LogP contribution in [0.1, 0.15) is 133 Å². The van der Waals surface area contributed by atoms with Crippen LogP contribution in [-0.2, 0) is 43.0 Å². The number of pyridine rings is 1. The number of rotatable bonds is 11. The van der Waals surface area contributed by atoms with Crippen LogP contribution in [0.2, 0.25) is 0 Å². The third-order valence-corrected chi connectivity index (χ3v) is 10.9. The molecular formula is C42H61BN4O10. The molecule has 4 aliphatic rings. The van der Waals surface area contributed by atoms with Crippen molar-refractivity contribution < 1.29 is 47.4 Å². The lowest BCUT2D eigenvalue weighted by molar-refractivity contribution is -0.199. The van der Waals surface area contributed by atoms with Crippen LogP contribution >= 0.6 is 0 Å². The maximum absolute atomic E-state index is 14.3. The van der Waals surface area contributed by atoms with E-state index in [1.54, 1.807) is 80.5 Å². The second kappa shape index (κ2) is 16.1. The number of carbonyl (C=O) groups is 4. The van der Waals surface area contributed by atoms with Crippen molar-refractivity contribution in [1.82, 2.24) is 20.9 Å². The highest BCUT2D eigenvalue weighted by Crippen LogP contribution is 2.65. The fourth-order valence-electron chi connectivity index (χ4n) is 8.18. The highest BCUT2D eigenvalue weighted by molar-refractivity contribution is 6.48. The number of aromatic nitrogens is 1. The zero-order chi connectivity index (χ0) is 42.3. The lowest BCUT2D eigenvalue weighted by atomic mass is 9.43. The summed E-state index contributed by atoms with van der Waals surface area (Å²) in [7, 11) is 0.665. The Bertz CT molecular complexity index is 1850. The molecule has 15 heteroatoms. The highest BCUT2D eigenvalue weighted by atomic mass is 16.7. The number of ether oxygens (including phenoxy) is 4. The van der Waals surface area contributed by atoms with Crippen LogP contribution in [0.15, 0.2) is 30.5 Å². The molecular weight excluding hydrogens is 731 g/mol. The fraction of sp³-hybridized carbons (Fsp3) is 0.643. The van der Waals surface area contributed by atoms with Crippen LogP contribution < -0.4 is 20.7 Å². The predicted molar refractivity (Wildman–Crippen MR) is 214 cm³/mol. The van der Waals surface area contributed by atoms with E-state index in [-0.39, 0.29) is 48.1 Å². The monoisotopic (exact) mass is 792 g/mol. The average Bonchev–Trinajstić information content (AvgIpc) is 3.44. The molecule has 3 amide bonds. The Morgan fingerprint density at radius 2 is 1.49 bits per heavy atom. The van der Waals surface area contributed by atoms with Crippen molar-refractivity contribution in [3.05, 3.63) is 58.4 Å². The zero-order valence-electron chi connectivity index (χ0n) is 35.8. The molecule has 1 aromatic carbocycles. The average molecular weight is 793 g/mol. The van der Waals surface area contributed by atoms with E-state index in [2.05, 4.69) is 41.7 Å². The fourth-order valence-corrected chi connectivity index (χ4v) is 8.18. The summed E-state index contributed by atoms with van der Waals surface area (Å²) in [5.41, 5.74) is -0.640. The molecule has 5 atom stereocenters. The molecule has 3 N–H and O–H groups in total. The highest BCUT2D eigenvalue weighted by Gasteiger charge is 2.68. The maximum atomic E-state index is 14.3. The topological polar surface area (TPSA) is 173 Å². The molecule has 0 spiro atoms.